The van der Waals surface area contributed by atoms with Crippen LogP contribution < -0.4 is 10.1 Å². The van der Waals surface area contributed by atoms with Crippen LogP contribution in [-0.2, 0) is 16.0 Å². The second kappa shape index (κ2) is 9.44. The average molecular weight is 346 g/mol. The Bertz CT molecular complexity index is 588. The van der Waals surface area contributed by atoms with E-state index in [2.05, 4.69) is 12.2 Å². The first-order chi connectivity index (χ1) is 12.0. The summed E-state index contributed by atoms with van der Waals surface area (Å²) in [7, 11) is 1.62. The normalized spacial score (nSPS) is 18.5. The smallest absolute Gasteiger partial charge is 0.227 e. The molecule has 0 saturated carbocycles. The van der Waals surface area contributed by atoms with Crippen molar-refractivity contribution < 1.29 is 14.3 Å². The van der Waals surface area contributed by atoms with Gasteiger partial charge in [0, 0.05) is 19.1 Å². The molecule has 1 heterocycles. The summed E-state index contributed by atoms with van der Waals surface area (Å²) in [5.74, 6) is 0.820. The van der Waals surface area contributed by atoms with E-state index < -0.39 is 0 Å². The largest absolute Gasteiger partial charge is 0.497 e. The lowest BCUT2D eigenvalue weighted by Crippen LogP contribution is -2.47. The molecule has 5 nitrogen and oxygen atoms in total. The third-order valence-corrected chi connectivity index (χ3v) is 4.74. The van der Waals surface area contributed by atoms with E-state index in [0.29, 0.717) is 13.0 Å². The molecule has 1 aliphatic rings. The highest BCUT2D eigenvalue weighted by Gasteiger charge is 2.28. The summed E-state index contributed by atoms with van der Waals surface area (Å²) in [5, 5.41) is 3.08. The van der Waals surface area contributed by atoms with Crippen LogP contribution in [-0.4, -0.2) is 43.0 Å². The lowest BCUT2D eigenvalue weighted by Gasteiger charge is -2.32. The van der Waals surface area contributed by atoms with Gasteiger partial charge >= 0.3 is 0 Å². The number of carbonyl (C=O) groups excluding carboxylic acids is 2. The summed E-state index contributed by atoms with van der Waals surface area (Å²) in [6, 6.07) is 7.77. The summed E-state index contributed by atoms with van der Waals surface area (Å²) in [4.78, 5) is 26.9. The van der Waals surface area contributed by atoms with E-state index in [9.17, 15) is 9.59 Å². The van der Waals surface area contributed by atoms with E-state index in [-0.39, 0.29) is 23.8 Å². The predicted molar refractivity (Wildman–Crippen MR) is 98.5 cm³/mol. The topological polar surface area (TPSA) is 58.6 Å². The predicted octanol–water partition coefficient (Wildman–Crippen LogP) is 2.78. The van der Waals surface area contributed by atoms with E-state index in [1.165, 1.54) is 0 Å². The van der Waals surface area contributed by atoms with E-state index >= 15 is 0 Å². The van der Waals surface area contributed by atoms with Crippen molar-refractivity contribution in [3.8, 4) is 5.75 Å². The van der Waals surface area contributed by atoms with Crippen molar-refractivity contribution in [1.82, 2.24) is 10.2 Å². The molecule has 2 atom stereocenters. The molecule has 0 spiro atoms. The minimum absolute atomic E-state index is 0.0763. The molecule has 2 amide bonds. The average Bonchev–Trinajstić information content (AvgIpc) is 2.62. The Hall–Kier alpha value is -2.04. The molecule has 0 bridgehead atoms. The fourth-order valence-corrected chi connectivity index (χ4v) is 3.35. The van der Waals surface area contributed by atoms with Crippen molar-refractivity contribution in [2.75, 3.05) is 20.2 Å². The second-order valence-corrected chi connectivity index (χ2v) is 6.91. The Morgan fingerprint density at radius 3 is 2.92 bits per heavy atom. The third-order valence-electron chi connectivity index (χ3n) is 4.74. The molecule has 5 heteroatoms. The number of nitrogens with one attached hydrogen (secondary N) is 1. The molecular formula is C20H30N2O3. The number of amides is 2. The van der Waals surface area contributed by atoms with Gasteiger partial charge in [0.25, 0.3) is 0 Å². The zero-order valence-electron chi connectivity index (χ0n) is 15.6. The number of rotatable bonds is 7. The summed E-state index contributed by atoms with van der Waals surface area (Å²) >= 11 is 0. The van der Waals surface area contributed by atoms with Crippen LogP contribution in [0, 0.1) is 5.92 Å². The molecule has 0 aliphatic carbocycles. The Labute approximate surface area is 150 Å². The Morgan fingerprint density at radius 2 is 2.20 bits per heavy atom. The molecule has 0 unspecified atom stereocenters. The van der Waals surface area contributed by atoms with Gasteiger partial charge in [-0.1, -0.05) is 25.5 Å². The standard InChI is InChI=1S/C20H30N2O3/c1-4-7-15(2)21-20(24)17-9-6-11-22(14-17)19(23)13-16-8-5-10-18(12-16)25-3/h5,8,10,12,15,17H,4,6-7,9,11,13-14H2,1-3H3,(H,21,24)/t15-,17-/m0/s1. The quantitative estimate of drug-likeness (QED) is 0.826. The molecule has 1 fully saturated rings. The van der Waals surface area contributed by atoms with Crippen LogP contribution in [0.4, 0.5) is 0 Å². The Kier molecular flexibility index (Phi) is 7.29. The fraction of sp³-hybridized carbons (Fsp3) is 0.600. The lowest BCUT2D eigenvalue weighted by molar-refractivity contribution is -0.135. The zero-order valence-corrected chi connectivity index (χ0v) is 15.6. The third kappa shape index (κ3) is 5.76. The zero-order chi connectivity index (χ0) is 18.2. The maximum absolute atomic E-state index is 12.6. The molecule has 2 rings (SSSR count). The van der Waals surface area contributed by atoms with Gasteiger partial charge in [0.05, 0.1) is 19.4 Å². The highest BCUT2D eigenvalue weighted by molar-refractivity contribution is 5.82. The van der Waals surface area contributed by atoms with E-state index in [0.717, 1.165) is 43.5 Å². The molecule has 1 saturated heterocycles. The van der Waals surface area contributed by atoms with Gasteiger partial charge in [-0.25, -0.2) is 0 Å². The van der Waals surface area contributed by atoms with Crippen LogP contribution in [0.3, 0.4) is 0 Å². The van der Waals surface area contributed by atoms with Crippen molar-refractivity contribution >= 4 is 11.8 Å². The molecule has 1 aromatic rings. The highest BCUT2D eigenvalue weighted by atomic mass is 16.5. The van der Waals surface area contributed by atoms with Crippen molar-refractivity contribution in [2.24, 2.45) is 5.92 Å². The van der Waals surface area contributed by atoms with Crippen molar-refractivity contribution in [3.63, 3.8) is 0 Å². The first-order valence-electron chi connectivity index (χ1n) is 9.24. The van der Waals surface area contributed by atoms with E-state index in [1.807, 2.05) is 36.1 Å². The molecule has 0 radical (unpaired) electrons. The van der Waals surface area contributed by atoms with Gasteiger partial charge in [0.1, 0.15) is 5.75 Å². The van der Waals surface area contributed by atoms with E-state index in [1.54, 1.807) is 7.11 Å². The van der Waals surface area contributed by atoms with Gasteiger partial charge in [-0.15, -0.1) is 0 Å². The molecule has 1 N–H and O–H groups in total. The molecule has 1 aromatic carbocycles. The minimum atomic E-state index is -0.0951. The van der Waals surface area contributed by atoms with Crippen LogP contribution in [0.25, 0.3) is 0 Å². The van der Waals surface area contributed by atoms with Gasteiger partial charge in [0.2, 0.25) is 11.8 Å². The van der Waals surface area contributed by atoms with Gasteiger partial charge in [-0.3, -0.25) is 9.59 Å². The number of carbonyl (C=O) groups is 2. The van der Waals surface area contributed by atoms with Crippen LogP contribution in [0.15, 0.2) is 24.3 Å². The summed E-state index contributed by atoms with van der Waals surface area (Å²) in [5.41, 5.74) is 0.937. The number of hydrogen-bond donors (Lipinski definition) is 1. The summed E-state index contributed by atoms with van der Waals surface area (Å²) in [6.45, 7) is 5.41. The lowest BCUT2D eigenvalue weighted by atomic mass is 9.96. The number of likely N-dealkylation sites (tertiary alicyclic amines) is 1. The molecule has 138 valence electrons. The minimum Gasteiger partial charge on any atom is -0.497 e. The first-order valence-corrected chi connectivity index (χ1v) is 9.24. The monoisotopic (exact) mass is 346 g/mol. The highest BCUT2D eigenvalue weighted by Crippen LogP contribution is 2.19. The number of nitrogens with zero attached hydrogens (tertiary/aromatic N) is 1. The van der Waals surface area contributed by atoms with Crippen LogP contribution in [0.5, 0.6) is 5.75 Å². The SMILES string of the molecule is CCC[C@H](C)NC(=O)[C@H]1CCCN(C(=O)Cc2cccc(OC)c2)C1. The number of benzene rings is 1. The van der Waals surface area contributed by atoms with Crippen LogP contribution >= 0.6 is 0 Å². The number of methoxy groups -OCH3 is 1. The van der Waals surface area contributed by atoms with E-state index in [4.69, 9.17) is 4.74 Å². The molecule has 1 aliphatic heterocycles. The number of ether oxygens (including phenoxy) is 1. The van der Waals surface area contributed by atoms with Gasteiger partial charge in [0.15, 0.2) is 0 Å². The maximum Gasteiger partial charge on any atom is 0.227 e. The van der Waals surface area contributed by atoms with Crippen molar-refractivity contribution in [3.05, 3.63) is 29.8 Å². The molecule has 0 aromatic heterocycles. The molecular weight excluding hydrogens is 316 g/mol. The van der Waals surface area contributed by atoms with Gasteiger partial charge < -0.3 is 15.0 Å². The molecule has 25 heavy (non-hydrogen) atoms. The Morgan fingerprint density at radius 1 is 1.40 bits per heavy atom. The van der Waals surface area contributed by atoms with Crippen LogP contribution in [0.2, 0.25) is 0 Å². The maximum atomic E-state index is 12.6. The first kappa shape index (κ1) is 19.3. The van der Waals surface area contributed by atoms with Crippen LogP contribution in [0.1, 0.15) is 45.1 Å². The number of piperidine rings is 1. The van der Waals surface area contributed by atoms with Crippen molar-refractivity contribution in [2.45, 2.75) is 52.0 Å². The summed E-state index contributed by atoms with van der Waals surface area (Å²) in [6.07, 6.45) is 4.11. The second-order valence-electron chi connectivity index (χ2n) is 6.91. The van der Waals surface area contributed by atoms with Gasteiger partial charge in [-0.05, 0) is 43.9 Å². The fourth-order valence-electron chi connectivity index (χ4n) is 3.35. The Balaban J connectivity index is 1.91. The van der Waals surface area contributed by atoms with Gasteiger partial charge in [-0.2, -0.15) is 0 Å². The summed E-state index contributed by atoms with van der Waals surface area (Å²) < 4.78 is 5.21. The van der Waals surface area contributed by atoms with Crippen molar-refractivity contribution in [1.29, 1.82) is 0 Å². The number of hydrogen-bond acceptors (Lipinski definition) is 3.